The van der Waals surface area contributed by atoms with Crippen molar-refractivity contribution < 1.29 is 31.9 Å². The van der Waals surface area contributed by atoms with E-state index in [0.29, 0.717) is 42.6 Å². The number of carbonyl (C=O) groups excluding carboxylic acids is 1. The summed E-state index contributed by atoms with van der Waals surface area (Å²) in [5.74, 6) is -0.0171. The number of halogens is 3. The van der Waals surface area contributed by atoms with Crippen molar-refractivity contribution in [3.05, 3.63) is 65.7 Å². The Labute approximate surface area is 221 Å². The summed E-state index contributed by atoms with van der Waals surface area (Å²) in [7, 11) is 2.94. The molecule has 4 aromatic rings. The number of pyridine rings is 1. The van der Waals surface area contributed by atoms with Crippen LogP contribution in [0.2, 0.25) is 0 Å². The van der Waals surface area contributed by atoms with E-state index in [1.165, 1.54) is 19.2 Å². The highest BCUT2D eigenvalue weighted by atomic mass is 19.4. The summed E-state index contributed by atoms with van der Waals surface area (Å²) in [6.45, 7) is 0.629. The molecule has 0 bridgehead atoms. The average Bonchev–Trinajstić information content (AvgIpc) is 3.40. The minimum atomic E-state index is -4.63. The van der Waals surface area contributed by atoms with Crippen LogP contribution in [0.1, 0.15) is 40.5 Å². The highest BCUT2D eigenvalue weighted by molar-refractivity contribution is 5.98. The summed E-state index contributed by atoms with van der Waals surface area (Å²) in [6, 6.07) is 5.21. The molecule has 39 heavy (non-hydrogen) atoms. The van der Waals surface area contributed by atoms with Crippen molar-refractivity contribution in [2.75, 3.05) is 27.3 Å². The van der Waals surface area contributed by atoms with Crippen LogP contribution in [0.25, 0.3) is 22.4 Å². The van der Waals surface area contributed by atoms with Crippen molar-refractivity contribution in [2.24, 2.45) is 5.73 Å². The van der Waals surface area contributed by atoms with E-state index in [1.54, 1.807) is 36.7 Å². The predicted molar refractivity (Wildman–Crippen MR) is 133 cm³/mol. The number of methoxy groups -OCH3 is 2. The SMILES string of the molecule is COc1ccc(-c2nc(C(=O)N3CCC(OC)(c4cnccn4)CC3)c(CN)o2)c2ccc(C(F)(F)F)nc12. The Kier molecular flexibility index (Phi) is 6.95. The van der Waals surface area contributed by atoms with Gasteiger partial charge >= 0.3 is 6.18 Å². The molecule has 1 aliphatic rings. The molecule has 4 heterocycles. The topological polar surface area (TPSA) is 129 Å². The highest BCUT2D eigenvalue weighted by Crippen LogP contribution is 2.38. The van der Waals surface area contributed by atoms with Gasteiger partial charge in [-0.25, -0.2) is 9.97 Å². The largest absolute Gasteiger partial charge is 0.494 e. The van der Waals surface area contributed by atoms with E-state index in [4.69, 9.17) is 19.6 Å². The first-order chi connectivity index (χ1) is 18.7. The van der Waals surface area contributed by atoms with Gasteiger partial charge in [0, 0.05) is 43.5 Å². The third-order valence-electron chi connectivity index (χ3n) is 6.93. The first-order valence-electron chi connectivity index (χ1n) is 12.1. The Balaban J connectivity index is 1.46. The van der Waals surface area contributed by atoms with Gasteiger partial charge in [-0.05, 0) is 37.1 Å². The molecule has 1 aromatic carbocycles. The lowest BCUT2D eigenvalue weighted by atomic mass is 9.88. The lowest BCUT2D eigenvalue weighted by Crippen LogP contribution is -2.46. The lowest BCUT2D eigenvalue weighted by Gasteiger charge is -2.40. The molecule has 0 radical (unpaired) electrons. The molecule has 5 rings (SSSR count). The maximum Gasteiger partial charge on any atom is 0.433 e. The third-order valence-corrected chi connectivity index (χ3v) is 6.93. The zero-order chi connectivity index (χ0) is 27.8. The molecule has 0 unspecified atom stereocenters. The number of likely N-dealkylation sites (tertiary alicyclic amines) is 1. The molecule has 10 nitrogen and oxygen atoms in total. The van der Waals surface area contributed by atoms with Crippen LogP contribution in [0, 0.1) is 0 Å². The maximum atomic E-state index is 13.5. The molecule has 1 amide bonds. The Hall–Kier alpha value is -4.10. The highest BCUT2D eigenvalue weighted by Gasteiger charge is 2.40. The number of nitrogens with zero attached hydrogens (tertiary/aromatic N) is 5. The number of hydrogen-bond acceptors (Lipinski definition) is 9. The minimum Gasteiger partial charge on any atom is -0.494 e. The molecule has 3 aromatic heterocycles. The van der Waals surface area contributed by atoms with Crippen LogP contribution in [-0.4, -0.2) is 58.1 Å². The summed E-state index contributed by atoms with van der Waals surface area (Å²) in [4.78, 5) is 31.9. The first kappa shape index (κ1) is 26.5. The fourth-order valence-electron chi connectivity index (χ4n) is 4.79. The van der Waals surface area contributed by atoms with E-state index in [9.17, 15) is 18.0 Å². The average molecular weight is 543 g/mol. The van der Waals surface area contributed by atoms with Gasteiger partial charge in [0.25, 0.3) is 5.91 Å². The molecule has 0 atom stereocenters. The fourth-order valence-corrected chi connectivity index (χ4v) is 4.79. The van der Waals surface area contributed by atoms with Crippen molar-refractivity contribution in [2.45, 2.75) is 31.2 Å². The molecular weight excluding hydrogens is 517 g/mol. The Morgan fingerprint density at radius 2 is 1.90 bits per heavy atom. The van der Waals surface area contributed by atoms with Crippen LogP contribution in [0.4, 0.5) is 13.2 Å². The summed E-state index contributed by atoms with van der Waals surface area (Å²) >= 11 is 0. The molecule has 0 saturated carbocycles. The number of carbonyl (C=O) groups is 1. The van der Waals surface area contributed by atoms with Gasteiger partial charge in [0.05, 0.1) is 25.5 Å². The van der Waals surface area contributed by atoms with E-state index in [2.05, 4.69) is 19.9 Å². The van der Waals surface area contributed by atoms with Gasteiger partial charge < -0.3 is 24.5 Å². The first-order valence-corrected chi connectivity index (χ1v) is 12.1. The lowest BCUT2D eigenvalue weighted by molar-refractivity contribution is -0.140. The number of aromatic nitrogens is 4. The van der Waals surface area contributed by atoms with Crippen LogP contribution in [0.3, 0.4) is 0 Å². The van der Waals surface area contributed by atoms with E-state index >= 15 is 0 Å². The Morgan fingerprint density at radius 3 is 2.51 bits per heavy atom. The van der Waals surface area contributed by atoms with Gasteiger partial charge in [-0.2, -0.15) is 13.2 Å². The molecule has 0 spiro atoms. The van der Waals surface area contributed by atoms with Crippen molar-refractivity contribution in [3.8, 4) is 17.2 Å². The monoisotopic (exact) mass is 542 g/mol. The molecule has 1 aliphatic heterocycles. The van der Waals surface area contributed by atoms with Crippen molar-refractivity contribution in [1.82, 2.24) is 24.8 Å². The molecule has 13 heteroatoms. The van der Waals surface area contributed by atoms with Crippen molar-refractivity contribution in [1.29, 1.82) is 0 Å². The maximum absolute atomic E-state index is 13.5. The van der Waals surface area contributed by atoms with Crippen LogP contribution >= 0.6 is 0 Å². The molecule has 2 N–H and O–H groups in total. The predicted octanol–water partition coefficient (Wildman–Crippen LogP) is 3.94. The number of oxazole rings is 1. The number of amides is 1. The molecule has 1 fully saturated rings. The second-order valence-electron chi connectivity index (χ2n) is 8.98. The van der Waals surface area contributed by atoms with Gasteiger partial charge in [0.15, 0.2) is 11.5 Å². The van der Waals surface area contributed by atoms with E-state index in [-0.39, 0.29) is 41.1 Å². The van der Waals surface area contributed by atoms with Gasteiger partial charge in [-0.15, -0.1) is 0 Å². The van der Waals surface area contributed by atoms with E-state index < -0.39 is 17.5 Å². The van der Waals surface area contributed by atoms with Gasteiger partial charge in [-0.1, -0.05) is 0 Å². The number of alkyl halides is 3. The Bertz CT molecular complexity index is 1500. The normalized spacial score (nSPS) is 15.5. The smallest absolute Gasteiger partial charge is 0.433 e. The van der Waals surface area contributed by atoms with Gasteiger partial charge in [-0.3, -0.25) is 14.8 Å². The van der Waals surface area contributed by atoms with E-state index in [0.717, 1.165) is 6.07 Å². The van der Waals surface area contributed by atoms with Crippen LogP contribution < -0.4 is 10.5 Å². The zero-order valence-electron chi connectivity index (χ0n) is 21.2. The fraction of sp³-hybridized carbons (Fsp3) is 0.346. The summed E-state index contributed by atoms with van der Waals surface area (Å²) in [5, 5.41) is 0.318. The molecular formula is C26H25F3N6O4. The van der Waals surface area contributed by atoms with Crippen molar-refractivity contribution >= 4 is 16.8 Å². The molecule has 204 valence electrons. The summed E-state index contributed by atoms with van der Waals surface area (Å²) in [5.41, 5.74) is 5.22. The summed E-state index contributed by atoms with van der Waals surface area (Å²) < 4.78 is 56.8. The number of piperidine rings is 1. The number of hydrogen-bond donors (Lipinski definition) is 1. The number of benzene rings is 1. The molecule has 0 aliphatic carbocycles. The number of fused-ring (bicyclic) bond motifs is 1. The third kappa shape index (κ3) is 4.79. The van der Waals surface area contributed by atoms with Crippen LogP contribution in [0.15, 0.2) is 47.3 Å². The standard InChI is InChI=1S/C26H25F3N6O4/c1-37-17-5-3-16(15-4-6-19(26(27,28)29)33-21(15)17)23-34-22(18(13-30)39-23)24(36)35-11-7-25(38-2,8-12-35)20-14-31-9-10-32-20/h3-6,9-10,14H,7-8,11-13,30H2,1-2H3. The number of ether oxygens (including phenoxy) is 2. The number of rotatable bonds is 6. The van der Waals surface area contributed by atoms with Crippen LogP contribution in [0.5, 0.6) is 5.75 Å². The van der Waals surface area contributed by atoms with Crippen molar-refractivity contribution in [3.63, 3.8) is 0 Å². The second-order valence-corrected chi connectivity index (χ2v) is 8.98. The Morgan fingerprint density at radius 1 is 1.13 bits per heavy atom. The zero-order valence-corrected chi connectivity index (χ0v) is 21.2. The number of nitrogens with two attached hydrogens (primary N) is 1. The summed E-state index contributed by atoms with van der Waals surface area (Å²) in [6.07, 6.45) is 1.19. The van der Waals surface area contributed by atoms with E-state index in [1.807, 2.05) is 0 Å². The van der Waals surface area contributed by atoms with Gasteiger partial charge in [0.1, 0.15) is 22.6 Å². The second kappa shape index (κ2) is 10.2. The minimum absolute atomic E-state index is 0.0128. The molecule has 1 saturated heterocycles. The van der Waals surface area contributed by atoms with Gasteiger partial charge in [0.2, 0.25) is 5.89 Å². The van der Waals surface area contributed by atoms with Crippen LogP contribution in [-0.2, 0) is 23.1 Å². The quantitative estimate of drug-likeness (QED) is 0.385.